The van der Waals surface area contributed by atoms with E-state index in [4.69, 9.17) is 4.74 Å². The maximum absolute atomic E-state index is 13.6. The normalized spacial score (nSPS) is 23.1. The number of alkyl halides is 3. The highest BCUT2D eigenvalue weighted by molar-refractivity contribution is 5.89. The summed E-state index contributed by atoms with van der Waals surface area (Å²) in [6.45, 7) is 0.577. The Labute approximate surface area is 213 Å². The molecule has 3 aliphatic rings. The van der Waals surface area contributed by atoms with Crippen molar-refractivity contribution in [2.24, 2.45) is 12.5 Å². The largest absolute Gasteiger partial charge is 0.497 e. The number of rotatable bonds is 6. The van der Waals surface area contributed by atoms with Gasteiger partial charge in [-0.2, -0.15) is 13.2 Å². The number of aromatic nitrogens is 3. The number of hydrogen-bond acceptors (Lipinski definition) is 4. The number of fused-ring (bicyclic) bond motifs is 3. The van der Waals surface area contributed by atoms with Gasteiger partial charge in [0.05, 0.1) is 12.7 Å². The van der Waals surface area contributed by atoms with E-state index in [0.717, 1.165) is 56.2 Å². The van der Waals surface area contributed by atoms with Crippen LogP contribution in [0.4, 0.5) is 23.7 Å². The molecule has 0 radical (unpaired) electrons. The predicted octanol–water partition coefficient (Wildman–Crippen LogP) is 5.92. The molecule has 196 valence electrons. The van der Waals surface area contributed by atoms with Gasteiger partial charge in [-0.1, -0.05) is 18.2 Å². The number of nitrogens with one attached hydrogen (secondary N) is 2. The number of halogens is 3. The van der Waals surface area contributed by atoms with E-state index in [0.29, 0.717) is 12.2 Å². The van der Waals surface area contributed by atoms with E-state index in [1.54, 1.807) is 49.1 Å². The second-order valence-electron chi connectivity index (χ2n) is 10.3. The first-order valence-electron chi connectivity index (χ1n) is 12.4. The molecule has 3 aromatic rings. The number of carbonyl (C=O) groups excluding carboxylic acids is 1. The SMILES string of the molecule is COc1ccc(NC(=O)NCC23CCC(c4nnc(-c5ccccc5C(F)(F)F)n4C)(CC2)CC3)cc1. The molecule has 3 aliphatic carbocycles. The number of hydrogen-bond donors (Lipinski definition) is 2. The third-order valence-corrected chi connectivity index (χ3v) is 8.20. The van der Waals surface area contributed by atoms with E-state index >= 15 is 0 Å². The molecule has 1 heterocycles. The summed E-state index contributed by atoms with van der Waals surface area (Å²) in [6, 6.07) is 12.4. The van der Waals surface area contributed by atoms with Crippen molar-refractivity contribution in [1.29, 1.82) is 0 Å². The summed E-state index contributed by atoms with van der Waals surface area (Å²) < 4.78 is 47.7. The molecule has 2 bridgehead atoms. The van der Waals surface area contributed by atoms with Crippen molar-refractivity contribution in [3.8, 4) is 17.1 Å². The maximum atomic E-state index is 13.6. The number of urea groups is 1. The Morgan fingerprint density at radius 2 is 1.65 bits per heavy atom. The quantitative estimate of drug-likeness (QED) is 0.429. The second-order valence-corrected chi connectivity index (χ2v) is 10.3. The van der Waals surface area contributed by atoms with Crippen LogP contribution in [0.1, 0.15) is 49.9 Å². The number of carbonyl (C=O) groups is 1. The molecule has 2 N–H and O–H groups in total. The average molecular weight is 514 g/mol. The molecule has 3 fully saturated rings. The molecule has 0 unspecified atom stereocenters. The van der Waals surface area contributed by atoms with Crippen molar-refractivity contribution >= 4 is 11.7 Å². The molecule has 2 amide bonds. The zero-order valence-corrected chi connectivity index (χ0v) is 20.9. The average Bonchev–Trinajstić information content (AvgIpc) is 3.30. The third kappa shape index (κ3) is 4.76. The summed E-state index contributed by atoms with van der Waals surface area (Å²) in [7, 11) is 3.35. The number of anilines is 1. The lowest BCUT2D eigenvalue weighted by atomic mass is 9.53. The van der Waals surface area contributed by atoms with Crippen LogP contribution in [-0.2, 0) is 18.6 Å². The van der Waals surface area contributed by atoms with Crippen molar-refractivity contribution in [3.63, 3.8) is 0 Å². The number of benzene rings is 2. The van der Waals surface area contributed by atoms with E-state index in [2.05, 4.69) is 20.8 Å². The van der Waals surface area contributed by atoms with E-state index in [1.807, 2.05) is 0 Å². The van der Waals surface area contributed by atoms with Gasteiger partial charge < -0.3 is 19.9 Å². The second kappa shape index (κ2) is 9.39. The Balaban J connectivity index is 1.25. The van der Waals surface area contributed by atoms with Crippen molar-refractivity contribution in [2.75, 3.05) is 19.0 Å². The Morgan fingerprint density at radius 3 is 2.27 bits per heavy atom. The molecule has 3 saturated carbocycles. The van der Waals surface area contributed by atoms with Crippen LogP contribution in [0.5, 0.6) is 5.75 Å². The van der Waals surface area contributed by atoms with Crippen molar-refractivity contribution in [2.45, 2.75) is 50.1 Å². The van der Waals surface area contributed by atoms with Crippen LogP contribution >= 0.6 is 0 Å². The lowest BCUT2D eigenvalue weighted by molar-refractivity contribution is -0.137. The Hall–Kier alpha value is -3.56. The van der Waals surface area contributed by atoms with Gasteiger partial charge in [0.25, 0.3) is 0 Å². The molecular formula is C27H30F3N5O2. The summed E-state index contributed by atoms with van der Waals surface area (Å²) in [6.07, 6.45) is 0.861. The fraction of sp³-hybridized carbons (Fsp3) is 0.444. The van der Waals surface area contributed by atoms with Crippen LogP contribution in [0.15, 0.2) is 48.5 Å². The van der Waals surface area contributed by atoms with Crippen LogP contribution < -0.4 is 15.4 Å². The highest BCUT2D eigenvalue weighted by atomic mass is 19.4. The Morgan fingerprint density at radius 1 is 1.00 bits per heavy atom. The first-order valence-corrected chi connectivity index (χ1v) is 12.4. The first kappa shape index (κ1) is 25.1. The van der Waals surface area contributed by atoms with E-state index in [9.17, 15) is 18.0 Å². The van der Waals surface area contributed by atoms with E-state index < -0.39 is 11.7 Å². The molecule has 1 aromatic heterocycles. The number of ether oxygens (including phenoxy) is 1. The van der Waals surface area contributed by atoms with E-state index in [1.165, 1.54) is 12.1 Å². The molecule has 0 atom stereocenters. The Bertz CT molecular complexity index is 1260. The zero-order chi connectivity index (χ0) is 26.3. The summed E-state index contributed by atoms with van der Waals surface area (Å²) in [5.41, 5.74) is -0.170. The lowest BCUT2D eigenvalue weighted by Gasteiger charge is -2.52. The van der Waals surface area contributed by atoms with Gasteiger partial charge in [-0.05, 0) is 74.3 Å². The fourth-order valence-electron chi connectivity index (χ4n) is 5.93. The molecule has 37 heavy (non-hydrogen) atoms. The van der Waals surface area contributed by atoms with Gasteiger partial charge in [0, 0.05) is 30.3 Å². The molecule has 10 heteroatoms. The summed E-state index contributed by atoms with van der Waals surface area (Å²) >= 11 is 0. The number of nitrogens with zero attached hydrogens (tertiary/aromatic N) is 3. The molecular weight excluding hydrogens is 483 g/mol. The number of methoxy groups -OCH3 is 1. The van der Waals surface area contributed by atoms with Crippen LogP contribution in [0.3, 0.4) is 0 Å². The zero-order valence-electron chi connectivity index (χ0n) is 20.9. The molecule has 7 nitrogen and oxygen atoms in total. The van der Waals surface area contributed by atoms with Crippen molar-refractivity contribution < 1.29 is 22.7 Å². The van der Waals surface area contributed by atoms with Crippen molar-refractivity contribution in [3.05, 3.63) is 59.9 Å². The van der Waals surface area contributed by atoms with Crippen LogP contribution in [0.25, 0.3) is 11.4 Å². The monoisotopic (exact) mass is 513 g/mol. The molecule has 6 rings (SSSR count). The highest BCUT2D eigenvalue weighted by Gasteiger charge is 2.51. The van der Waals surface area contributed by atoms with Gasteiger partial charge in [0.15, 0.2) is 5.82 Å². The van der Waals surface area contributed by atoms with Gasteiger partial charge in [-0.3, -0.25) is 0 Å². The first-order chi connectivity index (χ1) is 17.6. The topological polar surface area (TPSA) is 81.1 Å². The van der Waals surface area contributed by atoms with Crippen LogP contribution in [0, 0.1) is 5.41 Å². The van der Waals surface area contributed by atoms with E-state index in [-0.39, 0.29) is 28.2 Å². The smallest absolute Gasteiger partial charge is 0.417 e. The summed E-state index contributed by atoms with van der Waals surface area (Å²) in [5, 5.41) is 14.5. The van der Waals surface area contributed by atoms with Gasteiger partial charge in [-0.15, -0.1) is 10.2 Å². The molecule has 0 saturated heterocycles. The third-order valence-electron chi connectivity index (χ3n) is 8.20. The van der Waals surface area contributed by atoms with Gasteiger partial charge in [-0.25, -0.2) is 4.79 Å². The molecule has 2 aromatic carbocycles. The predicted molar refractivity (Wildman–Crippen MR) is 133 cm³/mol. The molecule has 0 aliphatic heterocycles. The van der Waals surface area contributed by atoms with Crippen molar-refractivity contribution in [1.82, 2.24) is 20.1 Å². The minimum absolute atomic E-state index is 0.0172. The fourth-order valence-corrected chi connectivity index (χ4v) is 5.93. The minimum atomic E-state index is -4.47. The summed E-state index contributed by atoms with van der Waals surface area (Å²) in [5.74, 6) is 1.70. The minimum Gasteiger partial charge on any atom is -0.497 e. The van der Waals surface area contributed by atoms with Crippen LogP contribution in [0.2, 0.25) is 0 Å². The summed E-state index contributed by atoms with van der Waals surface area (Å²) in [4.78, 5) is 12.5. The Kier molecular flexibility index (Phi) is 6.37. The number of amides is 2. The van der Waals surface area contributed by atoms with Gasteiger partial charge in [0.2, 0.25) is 0 Å². The molecule has 0 spiro atoms. The van der Waals surface area contributed by atoms with Crippen LogP contribution in [-0.4, -0.2) is 34.5 Å². The highest BCUT2D eigenvalue weighted by Crippen LogP contribution is 2.57. The standard InChI is InChI=1S/C27H30F3N5O2/c1-35-22(20-5-3-4-6-21(20)27(28,29)30)33-34-23(35)26-14-11-25(12-15-26,13-16-26)17-31-24(36)32-18-7-9-19(37-2)10-8-18/h3-10H,11-17H2,1-2H3,(H2,31,32,36). The van der Waals surface area contributed by atoms with Gasteiger partial charge in [0.1, 0.15) is 11.6 Å². The maximum Gasteiger partial charge on any atom is 0.417 e. The van der Waals surface area contributed by atoms with Gasteiger partial charge >= 0.3 is 12.2 Å². The lowest BCUT2D eigenvalue weighted by Crippen LogP contribution is -2.50.